The Morgan fingerprint density at radius 2 is 2.16 bits per heavy atom. The van der Waals surface area contributed by atoms with Crippen molar-refractivity contribution < 1.29 is 9.26 Å². The molecule has 0 radical (unpaired) electrons. The molecule has 1 atom stereocenters. The Morgan fingerprint density at radius 3 is 2.89 bits per heavy atom. The first kappa shape index (κ1) is 12.2. The van der Waals surface area contributed by atoms with Gasteiger partial charge in [-0.25, -0.2) is 0 Å². The molecule has 1 unspecified atom stereocenters. The summed E-state index contributed by atoms with van der Waals surface area (Å²) >= 11 is 0. The number of ether oxygens (including phenoxy) is 1. The molecule has 1 aliphatic heterocycles. The van der Waals surface area contributed by atoms with Crippen LogP contribution in [0, 0.1) is 13.8 Å². The van der Waals surface area contributed by atoms with Crippen molar-refractivity contribution in [1.82, 2.24) is 10.1 Å². The Kier molecular flexibility index (Phi) is 2.98. The van der Waals surface area contributed by atoms with Crippen molar-refractivity contribution in [3.63, 3.8) is 0 Å². The zero-order valence-electron chi connectivity index (χ0n) is 11.1. The van der Waals surface area contributed by atoms with Crippen molar-refractivity contribution in [3.05, 3.63) is 29.1 Å². The van der Waals surface area contributed by atoms with Gasteiger partial charge in [0, 0.05) is 23.8 Å². The van der Waals surface area contributed by atoms with Crippen molar-refractivity contribution in [3.8, 4) is 11.5 Å². The molecule has 1 saturated heterocycles. The van der Waals surface area contributed by atoms with Crippen molar-refractivity contribution >= 4 is 5.69 Å². The minimum atomic E-state index is 0.250. The molecule has 1 fully saturated rings. The number of hydrogen-bond acceptors (Lipinski definition) is 5. The predicted molar refractivity (Wildman–Crippen MR) is 71.8 cm³/mol. The lowest BCUT2D eigenvalue weighted by Crippen LogP contribution is -2.00. The highest BCUT2D eigenvalue weighted by Crippen LogP contribution is 2.29. The number of rotatable bonds is 2. The topological polar surface area (TPSA) is 74.2 Å². The lowest BCUT2D eigenvalue weighted by molar-refractivity contribution is 0.192. The molecule has 2 heterocycles. The molecule has 1 aliphatic rings. The molecule has 5 heteroatoms. The average Bonchev–Trinajstić information content (AvgIpc) is 3.03. The van der Waals surface area contributed by atoms with Gasteiger partial charge in [0.25, 0.3) is 5.89 Å². The first-order valence-corrected chi connectivity index (χ1v) is 6.43. The standard InChI is InChI=1S/C14H17N3O2/c1-8-5-11(15)6-12(9(8)2)14-16-13(17-19-14)10-3-4-18-7-10/h5-6,10H,3-4,7,15H2,1-2H3. The van der Waals surface area contributed by atoms with E-state index in [1.807, 2.05) is 26.0 Å². The van der Waals surface area contributed by atoms with E-state index in [-0.39, 0.29) is 5.92 Å². The minimum absolute atomic E-state index is 0.250. The van der Waals surface area contributed by atoms with Crippen molar-refractivity contribution in [2.24, 2.45) is 0 Å². The van der Waals surface area contributed by atoms with Gasteiger partial charge < -0.3 is 15.0 Å². The molecule has 1 aromatic carbocycles. The molecule has 2 N–H and O–H groups in total. The van der Waals surface area contributed by atoms with Gasteiger partial charge in [-0.2, -0.15) is 4.98 Å². The molecule has 1 aromatic heterocycles. The summed E-state index contributed by atoms with van der Waals surface area (Å²) in [4.78, 5) is 4.49. The highest BCUT2D eigenvalue weighted by Gasteiger charge is 2.24. The van der Waals surface area contributed by atoms with Crippen LogP contribution in [0.5, 0.6) is 0 Å². The summed E-state index contributed by atoms with van der Waals surface area (Å²) in [6, 6.07) is 3.83. The number of anilines is 1. The smallest absolute Gasteiger partial charge is 0.258 e. The Labute approximate surface area is 111 Å². The van der Waals surface area contributed by atoms with Gasteiger partial charge in [0.15, 0.2) is 5.82 Å². The zero-order valence-corrected chi connectivity index (χ0v) is 11.1. The van der Waals surface area contributed by atoms with Crippen LogP contribution in [-0.2, 0) is 4.74 Å². The second-order valence-electron chi connectivity index (χ2n) is 5.03. The number of nitrogen functional groups attached to an aromatic ring is 1. The van der Waals surface area contributed by atoms with E-state index in [1.54, 1.807) is 0 Å². The summed E-state index contributed by atoms with van der Waals surface area (Å²) in [5.74, 6) is 1.52. The predicted octanol–water partition coefficient (Wildman–Crippen LogP) is 2.44. The van der Waals surface area contributed by atoms with Gasteiger partial charge in [-0.05, 0) is 43.5 Å². The molecular weight excluding hydrogens is 242 g/mol. The third-order valence-corrected chi connectivity index (χ3v) is 3.66. The Morgan fingerprint density at radius 1 is 1.32 bits per heavy atom. The van der Waals surface area contributed by atoms with E-state index in [0.29, 0.717) is 18.2 Å². The lowest BCUT2D eigenvalue weighted by atomic mass is 10.0. The van der Waals surface area contributed by atoms with Gasteiger partial charge in [-0.15, -0.1) is 0 Å². The zero-order chi connectivity index (χ0) is 13.4. The fourth-order valence-corrected chi connectivity index (χ4v) is 2.36. The second-order valence-corrected chi connectivity index (χ2v) is 5.03. The lowest BCUT2D eigenvalue weighted by Gasteiger charge is -2.06. The number of aromatic nitrogens is 2. The van der Waals surface area contributed by atoms with Crippen molar-refractivity contribution in [1.29, 1.82) is 0 Å². The van der Waals surface area contributed by atoms with Crippen LogP contribution >= 0.6 is 0 Å². The first-order valence-electron chi connectivity index (χ1n) is 6.43. The van der Waals surface area contributed by atoms with E-state index in [0.717, 1.165) is 35.5 Å². The van der Waals surface area contributed by atoms with Crippen molar-refractivity contribution in [2.45, 2.75) is 26.2 Å². The van der Waals surface area contributed by atoms with E-state index in [9.17, 15) is 0 Å². The first-order chi connectivity index (χ1) is 9.15. The van der Waals surface area contributed by atoms with E-state index in [1.165, 1.54) is 0 Å². The molecule has 5 nitrogen and oxygen atoms in total. The third-order valence-electron chi connectivity index (χ3n) is 3.66. The van der Waals surface area contributed by atoms with Gasteiger partial charge in [0.1, 0.15) is 0 Å². The summed E-state index contributed by atoms with van der Waals surface area (Å²) in [5, 5.41) is 4.07. The van der Waals surface area contributed by atoms with Crippen LogP contribution in [0.25, 0.3) is 11.5 Å². The average molecular weight is 259 g/mol. The number of aryl methyl sites for hydroxylation is 1. The minimum Gasteiger partial charge on any atom is -0.399 e. The van der Waals surface area contributed by atoms with Gasteiger partial charge in [-0.1, -0.05) is 5.16 Å². The largest absolute Gasteiger partial charge is 0.399 e. The fraction of sp³-hybridized carbons (Fsp3) is 0.429. The van der Waals surface area contributed by atoms with Crippen LogP contribution in [0.4, 0.5) is 5.69 Å². The number of nitrogens with zero attached hydrogens (tertiary/aromatic N) is 2. The summed E-state index contributed by atoms with van der Waals surface area (Å²) in [6.07, 6.45) is 0.952. The van der Waals surface area contributed by atoms with Crippen LogP contribution in [-0.4, -0.2) is 23.4 Å². The highest BCUT2D eigenvalue weighted by atomic mass is 16.5. The van der Waals surface area contributed by atoms with Crippen LogP contribution in [0.2, 0.25) is 0 Å². The number of nitrogens with two attached hydrogens (primary N) is 1. The molecular formula is C14H17N3O2. The summed E-state index contributed by atoms with van der Waals surface area (Å²) in [7, 11) is 0. The summed E-state index contributed by atoms with van der Waals surface area (Å²) in [5.41, 5.74) is 9.75. The third kappa shape index (κ3) is 2.21. The maximum Gasteiger partial charge on any atom is 0.258 e. The molecule has 19 heavy (non-hydrogen) atoms. The van der Waals surface area contributed by atoms with E-state index in [4.69, 9.17) is 15.0 Å². The molecule has 0 amide bonds. The number of hydrogen-bond donors (Lipinski definition) is 1. The fourth-order valence-electron chi connectivity index (χ4n) is 2.36. The SMILES string of the molecule is Cc1cc(N)cc(-c2nc(C3CCOC3)no2)c1C. The molecule has 0 spiro atoms. The van der Waals surface area contributed by atoms with Crippen LogP contribution in [0.3, 0.4) is 0 Å². The quantitative estimate of drug-likeness (QED) is 0.838. The molecule has 0 aliphatic carbocycles. The summed E-state index contributed by atoms with van der Waals surface area (Å²) < 4.78 is 10.7. The van der Waals surface area contributed by atoms with E-state index >= 15 is 0 Å². The maximum absolute atomic E-state index is 5.88. The van der Waals surface area contributed by atoms with Gasteiger partial charge in [0.2, 0.25) is 0 Å². The molecule has 100 valence electrons. The Hall–Kier alpha value is -1.88. The normalized spacial score (nSPS) is 18.9. The highest BCUT2D eigenvalue weighted by molar-refractivity contribution is 5.66. The molecule has 3 rings (SSSR count). The van der Waals surface area contributed by atoms with Gasteiger partial charge >= 0.3 is 0 Å². The molecule has 2 aromatic rings. The Balaban J connectivity index is 1.98. The van der Waals surface area contributed by atoms with E-state index in [2.05, 4.69) is 10.1 Å². The maximum atomic E-state index is 5.88. The summed E-state index contributed by atoms with van der Waals surface area (Å²) in [6.45, 7) is 5.50. The molecule has 0 bridgehead atoms. The number of benzene rings is 1. The van der Waals surface area contributed by atoms with Gasteiger partial charge in [-0.3, -0.25) is 0 Å². The molecule has 0 saturated carbocycles. The second kappa shape index (κ2) is 4.66. The Bertz CT molecular complexity index is 601. The monoisotopic (exact) mass is 259 g/mol. The van der Waals surface area contributed by atoms with Crippen LogP contribution in [0.1, 0.15) is 29.3 Å². The van der Waals surface area contributed by atoms with Crippen LogP contribution < -0.4 is 5.73 Å². The van der Waals surface area contributed by atoms with Crippen LogP contribution in [0.15, 0.2) is 16.7 Å². The van der Waals surface area contributed by atoms with Gasteiger partial charge in [0.05, 0.1) is 6.61 Å². The van der Waals surface area contributed by atoms with E-state index < -0.39 is 0 Å². The van der Waals surface area contributed by atoms with Crippen molar-refractivity contribution in [2.75, 3.05) is 18.9 Å².